The molecule has 0 fully saturated rings. The van der Waals surface area contributed by atoms with Crippen LogP contribution in [0.25, 0.3) is 0 Å². The summed E-state index contributed by atoms with van der Waals surface area (Å²) >= 11 is 1.35. The van der Waals surface area contributed by atoms with Gasteiger partial charge in [0.25, 0.3) is 0 Å². The molecule has 1 heterocycles. The van der Waals surface area contributed by atoms with Gasteiger partial charge in [-0.15, -0.1) is 13.2 Å². The van der Waals surface area contributed by atoms with Crippen LogP contribution in [0, 0.1) is 9.52 Å². The number of aliphatic carboxylic acids is 1. The number of carbonyl (C=O) groups is 1. The molecule has 0 bridgehead atoms. The molecule has 0 unspecified atom stereocenters. The number of hydrogen-bond donors (Lipinski definition) is 1. The minimum Gasteiger partial charge on any atom is -0.481 e. The number of hydrogen-bond acceptors (Lipinski definition) is 3. The summed E-state index contributed by atoms with van der Waals surface area (Å²) in [6.07, 6.45) is -4.98. The van der Waals surface area contributed by atoms with Crippen molar-refractivity contribution in [1.29, 1.82) is 0 Å². The molecular weight excluding hydrogens is 361 g/mol. The zero-order valence-corrected chi connectivity index (χ0v) is 10.0. The second-order valence-electron chi connectivity index (χ2n) is 2.84. The molecule has 0 aliphatic rings. The fourth-order valence-corrected chi connectivity index (χ4v) is 1.46. The molecule has 0 aliphatic heterocycles. The summed E-state index contributed by atoms with van der Waals surface area (Å²) in [5, 5.41) is 8.42. The molecule has 0 aliphatic carbocycles. The predicted octanol–water partition coefficient (Wildman–Crippen LogP) is 2.35. The third kappa shape index (κ3) is 3.98. The van der Waals surface area contributed by atoms with Crippen molar-refractivity contribution in [3.05, 3.63) is 21.3 Å². The highest BCUT2D eigenvalue weighted by molar-refractivity contribution is 14.1. The van der Waals surface area contributed by atoms with Crippen LogP contribution in [0.2, 0.25) is 0 Å². The van der Waals surface area contributed by atoms with Gasteiger partial charge in [-0.05, 0) is 22.6 Å². The number of rotatable bonds is 3. The zero-order valence-electron chi connectivity index (χ0n) is 7.89. The van der Waals surface area contributed by atoms with E-state index in [1.807, 2.05) is 0 Å². The molecule has 1 aromatic rings. The first-order valence-electron chi connectivity index (χ1n) is 4.01. The van der Waals surface area contributed by atoms with Gasteiger partial charge in [0, 0.05) is 11.8 Å². The van der Waals surface area contributed by atoms with Gasteiger partial charge in [-0.25, -0.2) is 9.37 Å². The highest BCUT2D eigenvalue weighted by Crippen LogP contribution is 2.30. The Hall–Kier alpha value is -1.13. The van der Waals surface area contributed by atoms with Gasteiger partial charge < -0.3 is 9.84 Å². The van der Waals surface area contributed by atoms with Gasteiger partial charge in [0.15, 0.2) is 11.6 Å². The van der Waals surface area contributed by atoms with Gasteiger partial charge in [-0.3, -0.25) is 4.79 Å². The van der Waals surface area contributed by atoms with Crippen LogP contribution in [0.1, 0.15) is 5.56 Å². The lowest BCUT2D eigenvalue weighted by Gasteiger charge is -2.12. The van der Waals surface area contributed by atoms with E-state index in [0.717, 1.165) is 6.20 Å². The van der Waals surface area contributed by atoms with E-state index in [2.05, 4.69) is 9.72 Å². The summed E-state index contributed by atoms with van der Waals surface area (Å²) in [5.41, 5.74) is -0.475. The van der Waals surface area contributed by atoms with Crippen molar-refractivity contribution in [2.24, 2.45) is 0 Å². The van der Waals surface area contributed by atoms with Crippen molar-refractivity contribution in [1.82, 2.24) is 4.98 Å². The van der Waals surface area contributed by atoms with E-state index in [9.17, 15) is 22.4 Å². The van der Waals surface area contributed by atoms with E-state index in [1.54, 1.807) is 0 Å². The van der Waals surface area contributed by atoms with Gasteiger partial charge in [-0.2, -0.15) is 0 Å². The Kier molecular flexibility index (Phi) is 4.11. The van der Waals surface area contributed by atoms with Crippen LogP contribution in [0.3, 0.4) is 0 Å². The Bertz CT molecular complexity index is 449. The number of halogens is 5. The molecule has 4 nitrogen and oxygen atoms in total. The molecule has 0 saturated carbocycles. The number of pyridine rings is 1. The van der Waals surface area contributed by atoms with Gasteiger partial charge in [-0.1, -0.05) is 0 Å². The van der Waals surface area contributed by atoms with Crippen LogP contribution in [-0.2, 0) is 11.2 Å². The minimum absolute atomic E-state index is 0.341. The highest BCUT2D eigenvalue weighted by Gasteiger charge is 2.34. The van der Waals surface area contributed by atoms with E-state index < -0.39 is 35.9 Å². The first-order chi connectivity index (χ1) is 7.70. The van der Waals surface area contributed by atoms with Crippen LogP contribution in [-0.4, -0.2) is 22.4 Å². The monoisotopic (exact) mass is 365 g/mol. The molecule has 0 atom stereocenters. The maximum atomic E-state index is 13.5. The molecule has 1 N–H and O–H groups in total. The number of ether oxygens (including phenoxy) is 1. The summed E-state index contributed by atoms with van der Waals surface area (Å²) in [7, 11) is 0. The number of carboxylic acids is 1. The van der Waals surface area contributed by atoms with Crippen molar-refractivity contribution in [3.8, 4) is 5.75 Å². The smallest absolute Gasteiger partial charge is 0.481 e. The van der Waals surface area contributed by atoms with E-state index in [-0.39, 0.29) is 3.70 Å². The highest BCUT2D eigenvalue weighted by atomic mass is 127. The maximum absolute atomic E-state index is 13.5. The normalized spacial score (nSPS) is 11.4. The molecule has 0 saturated heterocycles. The number of aromatic nitrogens is 1. The minimum atomic E-state index is -5.07. The lowest BCUT2D eigenvalue weighted by molar-refractivity contribution is -0.276. The number of nitrogens with zero attached hydrogens (tertiary/aromatic N) is 1. The second kappa shape index (κ2) is 5.02. The van der Waals surface area contributed by atoms with Crippen molar-refractivity contribution >= 4 is 28.6 Å². The molecule has 0 radical (unpaired) electrons. The fraction of sp³-hybridized carbons (Fsp3) is 0.250. The van der Waals surface area contributed by atoms with Crippen LogP contribution in [0.4, 0.5) is 17.6 Å². The first kappa shape index (κ1) is 13.9. The lowest BCUT2D eigenvalue weighted by atomic mass is 10.2. The fourth-order valence-electron chi connectivity index (χ4n) is 0.975. The number of alkyl halides is 3. The van der Waals surface area contributed by atoms with Crippen LogP contribution >= 0.6 is 22.6 Å². The standard InChI is InChI=1S/C8H4F4INO3/c9-5-3(1-4(15)16)2-14-7(13)6(5)17-8(10,11)12/h2H,1H2,(H,15,16). The SMILES string of the molecule is O=C(O)Cc1cnc(I)c(OC(F)(F)F)c1F. The quantitative estimate of drug-likeness (QED) is 0.508. The third-order valence-electron chi connectivity index (χ3n) is 1.56. The van der Waals surface area contributed by atoms with Crippen LogP contribution in [0.5, 0.6) is 5.75 Å². The summed E-state index contributed by atoms with van der Waals surface area (Å²) in [5.74, 6) is -3.87. The maximum Gasteiger partial charge on any atom is 0.573 e. The third-order valence-corrected chi connectivity index (χ3v) is 2.33. The van der Waals surface area contributed by atoms with Crippen LogP contribution in [0.15, 0.2) is 6.20 Å². The lowest BCUT2D eigenvalue weighted by Crippen LogP contribution is -2.20. The van der Waals surface area contributed by atoms with Crippen molar-refractivity contribution in [3.63, 3.8) is 0 Å². The molecule has 1 rings (SSSR count). The van der Waals surface area contributed by atoms with Gasteiger partial charge in [0.05, 0.1) is 6.42 Å². The van der Waals surface area contributed by atoms with Gasteiger partial charge in [0.2, 0.25) is 0 Å². The van der Waals surface area contributed by atoms with Gasteiger partial charge >= 0.3 is 12.3 Å². The second-order valence-corrected chi connectivity index (χ2v) is 3.86. The van der Waals surface area contributed by atoms with E-state index in [1.165, 1.54) is 22.6 Å². The predicted molar refractivity (Wildman–Crippen MR) is 54.9 cm³/mol. The molecule has 17 heavy (non-hydrogen) atoms. The summed E-state index contributed by atoms with van der Waals surface area (Å²) < 4.78 is 52.5. The Morgan fingerprint density at radius 1 is 1.53 bits per heavy atom. The first-order valence-corrected chi connectivity index (χ1v) is 5.09. The van der Waals surface area contributed by atoms with Gasteiger partial charge in [0.1, 0.15) is 3.70 Å². The van der Waals surface area contributed by atoms with Crippen molar-refractivity contribution < 1.29 is 32.2 Å². The van der Waals surface area contributed by atoms with Crippen molar-refractivity contribution in [2.45, 2.75) is 12.8 Å². The molecular formula is C8H4F4INO3. The summed E-state index contributed by atoms with van der Waals surface area (Å²) in [4.78, 5) is 13.8. The van der Waals surface area contributed by atoms with Crippen molar-refractivity contribution in [2.75, 3.05) is 0 Å². The Labute approximate surface area is 106 Å². The summed E-state index contributed by atoms with van der Waals surface area (Å²) in [6, 6.07) is 0. The molecule has 1 aromatic heterocycles. The Balaban J connectivity index is 3.15. The average molecular weight is 365 g/mol. The molecule has 94 valence electrons. The average Bonchev–Trinajstić information content (AvgIpc) is 2.15. The summed E-state index contributed by atoms with van der Waals surface area (Å²) in [6.45, 7) is 0. The number of carboxylic acid groups (broad SMARTS) is 1. The molecule has 9 heteroatoms. The zero-order chi connectivity index (χ0) is 13.2. The molecule has 0 aromatic carbocycles. The van der Waals surface area contributed by atoms with E-state index in [0.29, 0.717) is 0 Å². The Morgan fingerprint density at radius 2 is 2.12 bits per heavy atom. The topological polar surface area (TPSA) is 59.4 Å². The van der Waals surface area contributed by atoms with Crippen LogP contribution < -0.4 is 4.74 Å². The van der Waals surface area contributed by atoms with E-state index in [4.69, 9.17) is 5.11 Å². The molecule has 0 amide bonds. The molecule has 0 spiro atoms. The Morgan fingerprint density at radius 3 is 2.59 bits per heavy atom. The largest absolute Gasteiger partial charge is 0.573 e. The van der Waals surface area contributed by atoms with E-state index >= 15 is 0 Å².